The van der Waals surface area contributed by atoms with Crippen LogP contribution in [-0.2, 0) is 0 Å². The van der Waals surface area contributed by atoms with Gasteiger partial charge >= 0.3 is 0 Å². The second-order valence-electron chi connectivity index (χ2n) is 1.08. The summed E-state index contributed by atoms with van der Waals surface area (Å²) in [5.41, 5.74) is 0. The van der Waals surface area contributed by atoms with Crippen LogP contribution in [0.3, 0.4) is 0 Å². The van der Waals surface area contributed by atoms with E-state index in [9.17, 15) is 0 Å². The highest BCUT2D eigenvalue weighted by Crippen LogP contribution is 1.58. The second-order valence-corrected chi connectivity index (χ2v) is 1.08. The fourth-order valence-electron chi connectivity index (χ4n) is 0.233. The lowest BCUT2D eigenvalue weighted by atomic mass is 10.6. The smallest absolute Gasteiger partial charge is 0.0830 e. The van der Waals surface area contributed by atoms with Crippen molar-refractivity contribution in [2.24, 2.45) is 4.99 Å². The number of rotatable bonds is 3. The summed E-state index contributed by atoms with van der Waals surface area (Å²) in [5.74, 6) is 0. The molecule has 0 atom stereocenters. The summed E-state index contributed by atoms with van der Waals surface area (Å²) in [5, 5.41) is 9.06. The molecule has 0 heterocycles. The third kappa shape index (κ3) is 4.88. The predicted molar refractivity (Wildman–Crippen MR) is 35.5 cm³/mol. The van der Waals surface area contributed by atoms with Gasteiger partial charge in [0.05, 0.1) is 6.34 Å². The SMILES string of the molecule is CN=C/C=C\NC=N. The van der Waals surface area contributed by atoms with Crippen LogP contribution in [0.4, 0.5) is 0 Å². The van der Waals surface area contributed by atoms with E-state index in [1.165, 1.54) is 0 Å². The van der Waals surface area contributed by atoms with Crippen molar-refractivity contribution in [3.8, 4) is 0 Å². The van der Waals surface area contributed by atoms with Gasteiger partial charge in [-0.3, -0.25) is 10.4 Å². The first-order valence-electron chi connectivity index (χ1n) is 2.24. The summed E-state index contributed by atoms with van der Waals surface area (Å²) >= 11 is 0. The van der Waals surface area contributed by atoms with Gasteiger partial charge in [0.1, 0.15) is 0 Å². The molecule has 0 aliphatic carbocycles. The van der Waals surface area contributed by atoms with Crippen molar-refractivity contribution < 1.29 is 0 Å². The number of aliphatic imine (C=N–C) groups is 1. The average molecular weight is 111 g/mol. The van der Waals surface area contributed by atoms with E-state index in [0.717, 1.165) is 6.34 Å². The Labute approximate surface area is 48.6 Å². The standard InChI is InChI=1S/C5H9N3/c1-7-3-2-4-8-5-6/h2-5H,1H3,(H2,6,8)/b4-2-,7-3?. The molecule has 0 unspecified atom stereocenters. The molecule has 0 aliphatic rings. The van der Waals surface area contributed by atoms with E-state index in [1.54, 1.807) is 25.5 Å². The third-order valence-corrected chi connectivity index (χ3v) is 0.511. The van der Waals surface area contributed by atoms with Crippen LogP contribution in [0.2, 0.25) is 0 Å². The number of hydrogen-bond acceptors (Lipinski definition) is 2. The molecule has 0 saturated carbocycles. The van der Waals surface area contributed by atoms with Gasteiger partial charge in [-0.2, -0.15) is 0 Å². The Kier molecular flexibility index (Phi) is 5.06. The summed E-state index contributed by atoms with van der Waals surface area (Å²) < 4.78 is 0. The molecule has 3 nitrogen and oxygen atoms in total. The highest BCUT2D eigenvalue weighted by Gasteiger charge is 1.58. The van der Waals surface area contributed by atoms with E-state index >= 15 is 0 Å². The topological polar surface area (TPSA) is 48.2 Å². The molecule has 0 aromatic rings. The molecule has 2 N–H and O–H groups in total. The molecule has 0 amide bonds. The summed E-state index contributed by atoms with van der Waals surface area (Å²) in [6.07, 6.45) is 6.07. The average Bonchev–Trinajstić information content (AvgIpc) is 1.81. The summed E-state index contributed by atoms with van der Waals surface area (Å²) in [4.78, 5) is 3.68. The number of allylic oxidation sites excluding steroid dienone is 1. The normalized spacial score (nSPS) is 10.6. The minimum absolute atomic E-state index is 1.10. The molecule has 8 heavy (non-hydrogen) atoms. The van der Waals surface area contributed by atoms with Gasteiger partial charge in [0.2, 0.25) is 0 Å². The van der Waals surface area contributed by atoms with Crippen molar-refractivity contribution in [2.75, 3.05) is 7.05 Å². The van der Waals surface area contributed by atoms with Gasteiger partial charge in [-0.05, 0) is 6.08 Å². The van der Waals surface area contributed by atoms with Crippen molar-refractivity contribution >= 4 is 12.6 Å². The summed E-state index contributed by atoms with van der Waals surface area (Å²) in [6.45, 7) is 0. The van der Waals surface area contributed by atoms with Crippen LogP contribution in [0.25, 0.3) is 0 Å². The first kappa shape index (κ1) is 6.88. The van der Waals surface area contributed by atoms with Gasteiger partial charge in [-0.1, -0.05) is 0 Å². The zero-order valence-electron chi connectivity index (χ0n) is 4.76. The quantitative estimate of drug-likeness (QED) is 0.402. The van der Waals surface area contributed by atoms with Crippen molar-refractivity contribution in [3.05, 3.63) is 12.3 Å². The second kappa shape index (κ2) is 5.88. The van der Waals surface area contributed by atoms with Crippen LogP contribution < -0.4 is 5.32 Å². The first-order valence-corrected chi connectivity index (χ1v) is 2.24. The van der Waals surface area contributed by atoms with Gasteiger partial charge < -0.3 is 5.32 Å². The molecule has 0 saturated heterocycles. The Morgan fingerprint density at radius 3 is 2.88 bits per heavy atom. The number of nitrogens with zero attached hydrogens (tertiary/aromatic N) is 1. The van der Waals surface area contributed by atoms with Crippen LogP contribution in [0.1, 0.15) is 0 Å². The monoisotopic (exact) mass is 111 g/mol. The Morgan fingerprint density at radius 1 is 1.62 bits per heavy atom. The van der Waals surface area contributed by atoms with E-state index in [1.807, 2.05) is 0 Å². The van der Waals surface area contributed by atoms with E-state index < -0.39 is 0 Å². The molecule has 0 fully saturated rings. The molecule has 0 aromatic heterocycles. The Bertz CT molecular complexity index is 104. The Balaban J connectivity index is 3.19. The lowest BCUT2D eigenvalue weighted by molar-refractivity contribution is 1.29. The predicted octanol–water partition coefficient (Wildman–Crippen LogP) is 0.397. The molecule has 0 bridgehead atoms. The van der Waals surface area contributed by atoms with E-state index in [4.69, 9.17) is 5.41 Å². The van der Waals surface area contributed by atoms with Crippen molar-refractivity contribution in [2.45, 2.75) is 0 Å². The molecule has 0 spiro atoms. The fourth-order valence-corrected chi connectivity index (χ4v) is 0.233. The highest BCUT2D eigenvalue weighted by molar-refractivity contribution is 5.71. The van der Waals surface area contributed by atoms with Gasteiger partial charge in [-0.15, -0.1) is 0 Å². The maximum atomic E-state index is 6.51. The van der Waals surface area contributed by atoms with E-state index in [-0.39, 0.29) is 0 Å². The summed E-state index contributed by atoms with van der Waals surface area (Å²) in [7, 11) is 1.69. The van der Waals surface area contributed by atoms with Crippen LogP contribution >= 0.6 is 0 Å². The van der Waals surface area contributed by atoms with E-state index in [2.05, 4.69) is 10.3 Å². The van der Waals surface area contributed by atoms with Crippen molar-refractivity contribution in [3.63, 3.8) is 0 Å². The first-order chi connectivity index (χ1) is 3.91. The zero-order valence-corrected chi connectivity index (χ0v) is 4.76. The van der Waals surface area contributed by atoms with E-state index in [0.29, 0.717) is 0 Å². The van der Waals surface area contributed by atoms with Crippen molar-refractivity contribution in [1.82, 2.24) is 5.32 Å². The van der Waals surface area contributed by atoms with Crippen LogP contribution in [0, 0.1) is 5.41 Å². The molecule has 0 radical (unpaired) electrons. The largest absolute Gasteiger partial charge is 0.353 e. The van der Waals surface area contributed by atoms with Crippen LogP contribution in [0.5, 0.6) is 0 Å². The molecular formula is C5H9N3. The molecular weight excluding hydrogens is 102 g/mol. The minimum Gasteiger partial charge on any atom is -0.353 e. The molecule has 0 rings (SSSR count). The van der Waals surface area contributed by atoms with Gasteiger partial charge in [0, 0.05) is 19.5 Å². The van der Waals surface area contributed by atoms with Crippen molar-refractivity contribution in [1.29, 1.82) is 5.41 Å². The number of hydrogen-bond donors (Lipinski definition) is 2. The van der Waals surface area contributed by atoms with Gasteiger partial charge in [-0.25, -0.2) is 0 Å². The number of nitrogens with one attached hydrogen (secondary N) is 2. The summed E-state index contributed by atoms with van der Waals surface area (Å²) in [6, 6.07) is 0. The highest BCUT2D eigenvalue weighted by atomic mass is 14.8. The molecule has 0 aromatic carbocycles. The van der Waals surface area contributed by atoms with Crippen LogP contribution in [-0.4, -0.2) is 19.6 Å². The van der Waals surface area contributed by atoms with Crippen LogP contribution in [0.15, 0.2) is 17.3 Å². The Morgan fingerprint density at radius 2 is 2.38 bits per heavy atom. The molecule has 3 heteroatoms. The third-order valence-electron chi connectivity index (χ3n) is 0.511. The zero-order chi connectivity index (χ0) is 6.24. The van der Waals surface area contributed by atoms with Gasteiger partial charge in [0.15, 0.2) is 0 Å². The van der Waals surface area contributed by atoms with Gasteiger partial charge in [0.25, 0.3) is 0 Å². The Hall–Kier alpha value is -1.12. The minimum atomic E-state index is 1.10. The fraction of sp³-hybridized carbons (Fsp3) is 0.200. The lowest BCUT2D eigenvalue weighted by Gasteiger charge is -1.79. The maximum Gasteiger partial charge on any atom is 0.0830 e. The molecule has 0 aliphatic heterocycles. The molecule has 44 valence electrons. The lowest BCUT2D eigenvalue weighted by Crippen LogP contribution is -1.97. The maximum absolute atomic E-state index is 6.51.